The van der Waals surface area contributed by atoms with Gasteiger partial charge in [0.25, 0.3) is 0 Å². The van der Waals surface area contributed by atoms with Gasteiger partial charge in [-0.15, -0.1) is 0 Å². The third-order valence-electron chi connectivity index (χ3n) is 1.66. The van der Waals surface area contributed by atoms with E-state index in [-0.39, 0.29) is 0 Å². The maximum absolute atomic E-state index is 5.56. The Morgan fingerprint density at radius 1 is 1.55 bits per heavy atom. The van der Waals surface area contributed by atoms with Gasteiger partial charge < -0.3 is 0 Å². The Morgan fingerprint density at radius 2 is 2.36 bits per heavy atom. The molecule has 1 rings (SSSR count). The molecule has 11 heavy (non-hydrogen) atoms. The second-order valence-electron chi connectivity index (χ2n) is 2.65. The Balaban J connectivity index is 2.51. The summed E-state index contributed by atoms with van der Waals surface area (Å²) in [4.78, 5) is 0. The molecule has 0 aliphatic heterocycles. The minimum atomic E-state index is 0.317. The summed E-state index contributed by atoms with van der Waals surface area (Å²) in [5.74, 6) is 1.98. The molecule has 0 radical (unpaired) electrons. The van der Waals surface area contributed by atoms with Crippen molar-refractivity contribution in [2.24, 2.45) is 0 Å². The van der Waals surface area contributed by atoms with E-state index < -0.39 is 0 Å². The third-order valence-corrected chi connectivity index (χ3v) is 1.66. The molecular formula is C9H13BO. The molecule has 1 nitrogen and oxygen atoms in total. The average Bonchev–Trinajstić information content (AvgIpc) is 2.06. The Kier molecular flexibility index (Phi) is 3.15. The van der Waals surface area contributed by atoms with Crippen LogP contribution in [0.25, 0.3) is 0 Å². The van der Waals surface area contributed by atoms with Crippen LogP contribution in [0.15, 0.2) is 24.2 Å². The molecule has 58 valence electrons. The summed E-state index contributed by atoms with van der Waals surface area (Å²) in [6, 6.07) is 5.95. The van der Waals surface area contributed by atoms with Gasteiger partial charge in [-0.2, -0.15) is 0 Å². The first-order valence-corrected chi connectivity index (χ1v) is 4.04. The normalized spacial score (nSPS) is 12.2. The molecule has 2 heteroatoms. The van der Waals surface area contributed by atoms with Crippen molar-refractivity contribution in [1.82, 2.24) is 0 Å². The molecule has 0 fully saturated rings. The quantitative estimate of drug-likeness (QED) is 0.638. The zero-order valence-electron chi connectivity index (χ0n) is 7.08. The molecule has 0 spiro atoms. The monoisotopic (exact) mass is 148 g/mol. The molecule has 0 bridgehead atoms. The van der Waals surface area contributed by atoms with Gasteiger partial charge in [0.2, 0.25) is 0 Å². The predicted octanol–water partition coefficient (Wildman–Crippen LogP) is 2.20. The van der Waals surface area contributed by atoms with Crippen molar-refractivity contribution in [2.45, 2.75) is 26.4 Å². The first kappa shape index (κ1) is 8.31. The summed E-state index contributed by atoms with van der Waals surface area (Å²) in [5, 5.41) is 0. The number of rotatable bonds is 3. The van der Waals surface area contributed by atoms with Crippen LogP contribution in [0.5, 0.6) is 5.64 Å². The van der Waals surface area contributed by atoms with Crippen LogP contribution >= 0.6 is 0 Å². The van der Waals surface area contributed by atoms with Crippen molar-refractivity contribution in [3.8, 4) is 5.64 Å². The van der Waals surface area contributed by atoms with E-state index in [9.17, 15) is 0 Å². The molecule has 0 amide bonds. The molecule has 0 aliphatic rings. The van der Waals surface area contributed by atoms with Crippen molar-refractivity contribution in [1.29, 1.82) is 0 Å². The van der Waals surface area contributed by atoms with Gasteiger partial charge in [0.05, 0.1) is 0 Å². The number of hydrogen-bond donors (Lipinski definition) is 0. The molecule has 1 unspecified atom stereocenters. The van der Waals surface area contributed by atoms with E-state index in [2.05, 4.69) is 13.8 Å². The fourth-order valence-electron chi connectivity index (χ4n) is 0.815. The van der Waals surface area contributed by atoms with Crippen LogP contribution in [0.4, 0.5) is 0 Å². The van der Waals surface area contributed by atoms with E-state index in [1.54, 1.807) is 0 Å². The van der Waals surface area contributed by atoms with Gasteiger partial charge in [-0.25, -0.2) is 0 Å². The predicted molar refractivity (Wildman–Crippen MR) is 48.2 cm³/mol. The Labute approximate surface area is 68.6 Å². The molecule has 0 aliphatic carbocycles. The number of ether oxygens (including phenoxy) is 1. The third kappa shape index (κ3) is 2.75. The molecule has 1 atom stereocenters. The Hall–Kier alpha value is -0.785. The summed E-state index contributed by atoms with van der Waals surface area (Å²) < 4.78 is 5.56. The number of hydrogen-bond acceptors (Lipinski definition) is 1. The van der Waals surface area contributed by atoms with Gasteiger partial charge in [0, 0.05) is 0 Å². The van der Waals surface area contributed by atoms with E-state index >= 15 is 0 Å². The topological polar surface area (TPSA) is 9.23 Å². The second kappa shape index (κ2) is 4.17. The maximum atomic E-state index is 5.56. The summed E-state index contributed by atoms with van der Waals surface area (Å²) >= 11 is 0. The van der Waals surface area contributed by atoms with Crippen LogP contribution in [0.3, 0.4) is 0 Å². The molecule has 1 aromatic rings. The Bertz CT molecular complexity index is 198. The summed E-state index contributed by atoms with van der Waals surface area (Å²) in [7, 11) is 0. The summed E-state index contributed by atoms with van der Waals surface area (Å²) in [5.41, 5.74) is 0.960. The first-order valence-electron chi connectivity index (χ1n) is 4.04. The molecule has 0 N–H and O–H groups in total. The van der Waals surface area contributed by atoms with Gasteiger partial charge in [-0.05, 0) is 0 Å². The molecular weight excluding hydrogens is 135 g/mol. The SMILES string of the molecule is CCC(C)Oc1bcccc1. The standard InChI is InChI=1S/C9H13BO/c1-3-8(2)11-9-6-4-5-7-10-9/h4-8H,3H2,1-2H3. The zero-order valence-corrected chi connectivity index (χ0v) is 7.08. The van der Waals surface area contributed by atoms with E-state index in [0.29, 0.717) is 6.10 Å². The molecule has 0 aromatic carbocycles. The van der Waals surface area contributed by atoms with Crippen molar-refractivity contribution in [3.05, 3.63) is 24.2 Å². The van der Waals surface area contributed by atoms with Crippen molar-refractivity contribution < 1.29 is 4.74 Å². The second-order valence-corrected chi connectivity index (χ2v) is 2.65. The van der Waals surface area contributed by atoms with Crippen LogP contribution < -0.4 is 4.74 Å². The van der Waals surface area contributed by atoms with Crippen molar-refractivity contribution >= 4 is 6.91 Å². The summed E-state index contributed by atoms with van der Waals surface area (Å²) in [6.07, 6.45) is 1.37. The molecule has 1 aromatic heterocycles. The van der Waals surface area contributed by atoms with Crippen LogP contribution in [0, 0.1) is 0 Å². The van der Waals surface area contributed by atoms with E-state index in [1.165, 1.54) is 0 Å². The molecule has 0 saturated heterocycles. The van der Waals surface area contributed by atoms with E-state index in [0.717, 1.165) is 12.1 Å². The first-order chi connectivity index (χ1) is 5.33. The van der Waals surface area contributed by atoms with Crippen LogP contribution in [0.1, 0.15) is 20.3 Å². The zero-order chi connectivity index (χ0) is 8.10. The minimum absolute atomic E-state index is 0.317. The van der Waals surface area contributed by atoms with Crippen molar-refractivity contribution in [3.63, 3.8) is 0 Å². The molecule has 1 heterocycles. The van der Waals surface area contributed by atoms with Gasteiger partial charge in [0.1, 0.15) is 0 Å². The van der Waals surface area contributed by atoms with Gasteiger partial charge in [-0.3, -0.25) is 0 Å². The van der Waals surface area contributed by atoms with Gasteiger partial charge in [-0.1, -0.05) is 0 Å². The average molecular weight is 148 g/mol. The fourth-order valence-corrected chi connectivity index (χ4v) is 0.815. The van der Waals surface area contributed by atoms with Gasteiger partial charge >= 0.3 is 67.8 Å². The molecule has 0 saturated carbocycles. The van der Waals surface area contributed by atoms with Crippen LogP contribution in [-0.4, -0.2) is 13.0 Å². The fraction of sp³-hybridized carbons (Fsp3) is 0.444. The van der Waals surface area contributed by atoms with Crippen molar-refractivity contribution in [2.75, 3.05) is 0 Å². The van der Waals surface area contributed by atoms with E-state index in [1.807, 2.05) is 31.1 Å². The van der Waals surface area contributed by atoms with E-state index in [4.69, 9.17) is 4.74 Å². The summed E-state index contributed by atoms with van der Waals surface area (Å²) in [6.45, 7) is 6.17. The Morgan fingerprint density at radius 3 is 2.91 bits per heavy atom. The van der Waals surface area contributed by atoms with Crippen LogP contribution in [-0.2, 0) is 0 Å². The van der Waals surface area contributed by atoms with Crippen LogP contribution in [0.2, 0.25) is 0 Å². The van der Waals surface area contributed by atoms with Gasteiger partial charge in [0.15, 0.2) is 0 Å².